The summed E-state index contributed by atoms with van der Waals surface area (Å²) in [6.07, 6.45) is 3.74. The number of benzene rings is 1. The molecule has 4 aromatic rings. The summed E-state index contributed by atoms with van der Waals surface area (Å²) < 4.78 is 13.1. The van der Waals surface area contributed by atoms with Gasteiger partial charge >= 0.3 is 0 Å². The molecule has 0 radical (unpaired) electrons. The number of nitrogens with zero attached hydrogens (tertiary/aromatic N) is 3. The predicted molar refractivity (Wildman–Crippen MR) is 99.7 cm³/mol. The van der Waals surface area contributed by atoms with E-state index >= 15 is 0 Å². The molecule has 3 aromatic heterocycles. The van der Waals surface area contributed by atoms with E-state index in [2.05, 4.69) is 15.4 Å². The zero-order valence-electron chi connectivity index (χ0n) is 14.8. The van der Waals surface area contributed by atoms with Gasteiger partial charge in [0, 0.05) is 49.0 Å². The molecule has 0 fully saturated rings. The lowest BCUT2D eigenvalue weighted by Crippen LogP contribution is -2.14. The van der Waals surface area contributed by atoms with Crippen LogP contribution in [0.15, 0.2) is 59.3 Å². The molecule has 0 aliphatic carbocycles. The van der Waals surface area contributed by atoms with Crippen LogP contribution < -0.4 is 10.1 Å². The minimum atomic E-state index is 0.642. The molecule has 1 aromatic carbocycles. The topological polar surface area (TPSA) is 65.1 Å². The lowest BCUT2D eigenvalue weighted by Gasteiger charge is -2.08. The van der Waals surface area contributed by atoms with Crippen LogP contribution in [0, 0.1) is 0 Å². The molecule has 6 nitrogen and oxygen atoms in total. The molecular weight excluding hydrogens is 328 g/mol. The molecule has 4 rings (SSSR count). The second kappa shape index (κ2) is 7.01. The van der Waals surface area contributed by atoms with E-state index in [4.69, 9.17) is 9.15 Å². The van der Waals surface area contributed by atoms with Crippen molar-refractivity contribution in [3.05, 3.63) is 66.0 Å². The minimum Gasteiger partial charge on any atom is -0.481 e. The molecule has 3 heterocycles. The largest absolute Gasteiger partial charge is 0.481 e. The van der Waals surface area contributed by atoms with Crippen molar-refractivity contribution >= 4 is 11.0 Å². The van der Waals surface area contributed by atoms with Crippen LogP contribution in [0.5, 0.6) is 5.88 Å². The number of aryl methyl sites for hydroxylation is 1. The van der Waals surface area contributed by atoms with Crippen LogP contribution in [0.4, 0.5) is 0 Å². The van der Waals surface area contributed by atoms with Crippen molar-refractivity contribution in [3.63, 3.8) is 0 Å². The Morgan fingerprint density at radius 1 is 1.12 bits per heavy atom. The highest BCUT2D eigenvalue weighted by atomic mass is 16.5. The molecule has 0 amide bonds. The summed E-state index contributed by atoms with van der Waals surface area (Å²) in [7, 11) is 3.55. The summed E-state index contributed by atoms with van der Waals surface area (Å²) in [5.41, 5.74) is 3.82. The molecule has 0 bridgehead atoms. The van der Waals surface area contributed by atoms with Gasteiger partial charge in [0.05, 0.1) is 7.11 Å². The first-order valence-electron chi connectivity index (χ1n) is 8.44. The molecule has 0 aliphatic heterocycles. The number of hydrogen-bond donors (Lipinski definition) is 1. The van der Waals surface area contributed by atoms with Crippen molar-refractivity contribution in [2.75, 3.05) is 7.11 Å². The number of para-hydroxylation sites is 1. The molecule has 6 heteroatoms. The third kappa shape index (κ3) is 3.19. The van der Waals surface area contributed by atoms with Gasteiger partial charge in [-0.2, -0.15) is 5.10 Å². The highest BCUT2D eigenvalue weighted by Crippen LogP contribution is 2.29. The van der Waals surface area contributed by atoms with Crippen LogP contribution in [-0.2, 0) is 20.1 Å². The lowest BCUT2D eigenvalue weighted by atomic mass is 10.2. The highest BCUT2D eigenvalue weighted by molar-refractivity contribution is 5.82. The van der Waals surface area contributed by atoms with Crippen molar-refractivity contribution in [2.45, 2.75) is 13.1 Å². The van der Waals surface area contributed by atoms with Gasteiger partial charge in [0.15, 0.2) is 5.76 Å². The van der Waals surface area contributed by atoms with Gasteiger partial charge in [0.1, 0.15) is 11.3 Å². The molecule has 0 saturated carbocycles. The van der Waals surface area contributed by atoms with Crippen LogP contribution in [0.2, 0.25) is 0 Å². The quantitative estimate of drug-likeness (QED) is 0.577. The Bertz CT molecular complexity index is 1000. The van der Waals surface area contributed by atoms with E-state index in [1.54, 1.807) is 13.3 Å². The third-order valence-electron chi connectivity index (χ3n) is 4.24. The van der Waals surface area contributed by atoms with Gasteiger partial charge < -0.3 is 14.5 Å². The first-order chi connectivity index (χ1) is 12.7. The SMILES string of the molecule is COc1ncccc1CNCc1cn(C)nc1-c1cc2ccccc2o1. The number of methoxy groups -OCH3 is 1. The molecule has 26 heavy (non-hydrogen) atoms. The fourth-order valence-corrected chi connectivity index (χ4v) is 3.05. The Hall–Kier alpha value is -3.12. The van der Waals surface area contributed by atoms with Crippen LogP contribution in [-0.4, -0.2) is 21.9 Å². The van der Waals surface area contributed by atoms with Crippen molar-refractivity contribution in [2.24, 2.45) is 7.05 Å². The smallest absolute Gasteiger partial charge is 0.217 e. The standard InChI is InChI=1S/C20H20N4O2/c1-24-13-16(12-21-11-15-7-5-9-22-20(15)25-2)19(23-24)18-10-14-6-3-4-8-17(14)26-18/h3-10,13,21H,11-12H2,1-2H3. The summed E-state index contributed by atoms with van der Waals surface area (Å²) in [5.74, 6) is 1.42. The number of pyridine rings is 1. The molecule has 0 unspecified atom stereocenters. The first kappa shape index (κ1) is 16.4. The number of rotatable bonds is 6. The van der Waals surface area contributed by atoms with E-state index in [-0.39, 0.29) is 0 Å². The normalized spacial score (nSPS) is 11.2. The fraction of sp³-hybridized carbons (Fsp3) is 0.200. The van der Waals surface area contributed by atoms with Gasteiger partial charge in [-0.1, -0.05) is 24.3 Å². The number of fused-ring (bicyclic) bond motifs is 1. The molecule has 0 aliphatic rings. The first-order valence-corrected chi connectivity index (χ1v) is 8.44. The summed E-state index contributed by atoms with van der Waals surface area (Å²) in [4.78, 5) is 4.22. The summed E-state index contributed by atoms with van der Waals surface area (Å²) in [6, 6.07) is 13.9. The Kier molecular flexibility index (Phi) is 4.41. The summed E-state index contributed by atoms with van der Waals surface area (Å²) >= 11 is 0. The third-order valence-corrected chi connectivity index (χ3v) is 4.24. The van der Waals surface area contributed by atoms with Crippen molar-refractivity contribution in [1.29, 1.82) is 0 Å². The zero-order valence-corrected chi connectivity index (χ0v) is 14.8. The Morgan fingerprint density at radius 3 is 2.81 bits per heavy atom. The van der Waals surface area contributed by atoms with E-state index in [9.17, 15) is 0 Å². The molecule has 0 saturated heterocycles. The molecule has 0 spiro atoms. The van der Waals surface area contributed by atoms with Gasteiger partial charge in [-0.25, -0.2) is 4.98 Å². The second-order valence-electron chi connectivity index (χ2n) is 6.10. The maximum atomic E-state index is 5.98. The summed E-state index contributed by atoms with van der Waals surface area (Å²) in [6.45, 7) is 1.32. The number of hydrogen-bond acceptors (Lipinski definition) is 5. The number of aromatic nitrogens is 3. The Morgan fingerprint density at radius 2 is 1.96 bits per heavy atom. The molecular formula is C20H20N4O2. The zero-order chi connectivity index (χ0) is 17.9. The van der Waals surface area contributed by atoms with Crippen molar-refractivity contribution in [3.8, 4) is 17.3 Å². The van der Waals surface area contributed by atoms with E-state index in [1.807, 2.05) is 60.4 Å². The van der Waals surface area contributed by atoms with E-state index in [0.717, 1.165) is 33.6 Å². The van der Waals surface area contributed by atoms with Gasteiger partial charge in [-0.3, -0.25) is 4.68 Å². The molecule has 0 atom stereocenters. The Balaban J connectivity index is 1.54. The average Bonchev–Trinajstić information content (AvgIpc) is 3.25. The summed E-state index contributed by atoms with van der Waals surface area (Å²) in [5, 5.41) is 9.09. The molecule has 132 valence electrons. The number of ether oxygens (including phenoxy) is 1. The average molecular weight is 348 g/mol. The van der Waals surface area contributed by atoms with Gasteiger partial charge in [0.25, 0.3) is 0 Å². The van der Waals surface area contributed by atoms with Crippen LogP contribution >= 0.6 is 0 Å². The van der Waals surface area contributed by atoms with Crippen LogP contribution in [0.3, 0.4) is 0 Å². The van der Waals surface area contributed by atoms with Crippen molar-refractivity contribution in [1.82, 2.24) is 20.1 Å². The van der Waals surface area contributed by atoms with Gasteiger partial charge in [-0.15, -0.1) is 0 Å². The van der Waals surface area contributed by atoms with E-state index in [1.165, 1.54) is 0 Å². The van der Waals surface area contributed by atoms with Gasteiger partial charge in [-0.05, 0) is 18.2 Å². The maximum Gasteiger partial charge on any atom is 0.217 e. The predicted octanol–water partition coefficient (Wildman–Crippen LogP) is 3.53. The lowest BCUT2D eigenvalue weighted by molar-refractivity contribution is 0.390. The number of nitrogens with one attached hydrogen (secondary N) is 1. The Labute approximate surface area is 151 Å². The van der Waals surface area contributed by atoms with Gasteiger partial charge in [0.2, 0.25) is 5.88 Å². The van der Waals surface area contributed by atoms with Crippen LogP contribution in [0.1, 0.15) is 11.1 Å². The second-order valence-corrected chi connectivity index (χ2v) is 6.10. The van der Waals surface area contributed by atoms with Crippen molar-refractivity contribution < 1.29 is 9.15 Å². The maximum absolute atomic E-state index is 5.98. The minimum absolute atomic E-state index is 0.642. The van der Waals surface area contributed by atoms with E-state index in [0.29, 0.717) is 19.0 Å². The molecule has 1 N–H and O–H groups in total. The van der Waals surface area contributed by atoms with E-state index < -0.39 is 0 Å². The highest BCUT2D eigenvalue weighted by Gasteiger charge is 2.15. The number of furan rings is 1. The fourth-order valence-electron chi connectivity index (χ4n) is 3.05. The monoisotopic (exact) mass is 348 g/mol. The van der Waals surface area contributed by atoms with Crippen LogP contribution in [0.25, 0.3) is 22.4 Å².